The Balaban J connectivity index is 2.97. The van der Waals surface area contributed by atoms with Crippen LogP contribution in [0.1, 0.15) is 26.7 Å². The number of benzene rings is 1. The molecule has 2 nitrogen and oxygen atoms in total. The molecule has 0 aliphatic carbocycles. The van der Waals surface area contributed by atoms with Gasteiger partial charge < -0.3 is 4.90 Å². The molecule has 1 rings (SSSR count). The first kappa shape index (κ1) is 15.0. The average Bonchev–Trinajstić information content (AvgIpc) is 2.35. The fourth-order valence-corrected chi connectivity index (χ4v) is 4.69. The summed E-state index contributed by atoms with van der Waals surface area (Å²) in [7, 11) is 0.485. The van der Waals surface area contributed by atoms with Crippen LogP contribution in [0.15, 0.2) is 24.3 Å². The van der Waals surface area contributed by atoms with E-state index in [4.69, 9.17) is 0 Å². The Morgan fingerprint density at radius 2 is 2.00 bits per heavy atom. The average molecular weight is 263 g/mol. The molecule has 0 atom stereocenters. The maximum atomic E-state index is 11.4. The van der Waals surface area contributed by atoms with Crippen molar-refractivity contribution < 1.29 is 4.79 Å². The highest BCUT2D eigenvalue weighted by Gasteiger charge is 2.12. The van der Waals surface area contributed by atoms with E-state index in [0.717, 1.165) is 5.69 Å². The molecule has 0 fully saturated rings. The second kappa shape index (κ2) is 6.18. The van der Waals surface area contributed by atoms with E-state index >= 15 is 0 Å². The quantitative estimate of drug-likeness (QED) is 0.746. The predicted octanol–water partition coefficient (Wildman–Crippen LogP) is 3.38. The van der Waals surface area contributed by atoms with Crippen LogP contribution in [0.2, 0.25) is 19.1 Å². The summed E-state index contributed by atoms with van der Waals surface area (Å²) < 4.78 is 0. The summed E-state index contributed by atoms with van der Waals surface area (Å²) in [5.74, 6) is 0.0835. The maximum absolute atomic E-state index is 11.4. The van der Waals surface area contributed by atoms with Crippen LogP contribution in [0, 0.1) is 0 Å². The molecular weight excluding hydrogens is 238 g/mol. The van der Waals surface area contributed by atoms with Crippen LogP contribution in [0.5, 0.6) is 0 Å². The monoisotopic (exact) mass is 263 g/mol. The highest BCUT2D eigenvalue weighted by molar-refractivity contribution is 6.89. The first-order valence-electron chi connectivity index (χ1n) is 6.73. The molecule has 1 amide bonds. The molecule has 1 aromatic carbocycles. The molecule has 0 aliphatic heterocycles. The van der Waals surface area contributed by atoms with Gasteiger partial charge in [-0.15, -0.1) is 8.07 Å². The van der Waals surface area contributed by atoms with E-state index < -0.39 is 8.07 Å². The third kappa shape index (κ3) is 3.70. The van der Waals surface area contributed by atoms with Crippen molar-refractivity contribution >= 4 is 24.9 Å². The van der Waals surface area contributed by atoms with Crippen molar-refractivity contribution in [3.63, 3.8) is 0 Å². The summed E-state index contributed by atoms with van der Waals surface area (Å²) >= 11 is 0. The van der Waals surface area contributed by atoms with E-state index in [9.17, 15) is 4.79 Å². The van der Waals surface area contributed by atoms with E-state index in [1.807, 2.05) is 13.1 Å². The van der Waals surface area contributed by atoms with Crippen LogP contribution < -0.4 is 10.1 Å². The first-order valence-corrected chi connectivity index (χ1v) is 9.94. The number of rotatable bonds is 5. The maximum Gasteiger partial charge on any atom is 0.223 e. The van der Waals surface area contributed by atoms with Gasteiger partial charge in [0, 0.05) is 19.7 Å². The van der Waals surface area contributed by atoms with Gasteiger partial charge >= 0.3 is 0 Å². The van der Waals surface area contributed by atoms with Crippen LogP contribution in [0.3, 0.4) is 0 Å². The zero-order chi connectivity index (χ0) is 13.8. The molecule has 0 radical (unpaired) electrons. The Kier molecular flexibility index (Phi) is 5.14. The molecule has 0 bridgehead atoms. The van der Waals surface area contributed by atoms with Crippen LogP contribution in [0.25, 0.3) is 0 Å². The van der Waals surface area contributed by atoms with E-state index in [-0.39, 0.29) is 5.91 Å². The first-order chi connectivity index (χ1) is 8.38. The normalized spacial score (nSPS) is 11.4. The van der Waals surface area contributed by atoms with E-state index in [0.29, 0.717) is 0 Å². The van der Waals surface area contributed by atoms with Crippen molar-refractivity contribution in [2.45, 2.75) is 45.8 Å². The van der Waals surface area contributed by atoms with E-state index in [1.165, 1.54) is 24.1 Å². The zero-order valence-corrected chi connectivity index (χ0v) is 13.3. The molecule has 101 valence electrons. The Morgan fingerprint density at radius 3 is 2.56 bits per heavy atom. The summed E-state index contributed by atoms with van der Waals surface area (Å²) in [6.07, 6.45) is 2.55. The summed E-state index contributed by atoms with van der Waals surface area (Å²) in [6.45, 7) is 8.67. The lowest BCUT2D eigenvalue weighted by Gasteiger charge is -2.36. The summed E-state index contributed by atoms with van der Waals surface area (Å²) in [4.78, 5) is 13.1. The van der Waals surface area contributed by atoms with Gasteiger partial charge in [0.25, 0.3) is 0 Å². The molecule has 1 aromatic rings. The largest absolute Gasteiger partial charge is 0.316 e. The number of carbonyl (C=O) groups is 1. The lowest BCUT2D eigenvalue weighted by molar-refractivity contribution is -0.116. The predicted molar refractivity (Wildman–Crippen MR) is 82.4 cm³/mol. The molecule has 3 heteroatoms. The Bertz CT molecular complexity index is 415. The Hall–Kier alpha value is -1.09. The third-order valence-corrected chi connectivity index (χ3v) is 7.12. The van der Waals surface area contributed by atoms with Crippen molar-refractivity contribution in [2.75, 3.05) is 11.9 Å². The van der Waals surface area contributed by atoms with Crippen molar-refractivity contribution in [1.82, 2.24) is 0 Å². The van der Waals surface area contributed by atoms with Gasteiger partial charge in [-0.2, -0.15) is 24.3 Å². The molecule has 0 aliphatic rings. The second-order valence-corrected chi connectivity index (χ2v) is 10.5. The molecule has 0 N–H and O–H groups in total. The summed E-state index contributed by atoms with van der Waals surface area (Å²) in [5, 5.41) is 1.45. The van der Waals surface area contributed by atoms with Gasteiger partial charge in [0.15, 0.2) is 0 Å². The van der Waals surface area contributed by atoms with Crippen molar-refractivity contribution in [3.8, 4) is 0 Å². The van der Waals surface area contributed by atoms with Gasteiger partial charge in [-0.05, 0) is 6.07 Å². The molecular formula is C15H25NOSi-. The zero-order valence-electron chi connectivity index (χ0n) is 12.3. The number of unbranched alkanes of at least 4 members (excludes halogenated alkanes) is 1. The molecule has 0 aromatic heterocycles. The summed E-state index contributed by atoms with van der Waals surface area (Å²) in [6, 6.07) is 9.82. The number of hydrogen-bond acceptors (Lipinski definition) is 1. The molecule has 0 heterocycles. The van der Waals surface area contributed by atoms with Crippen LogP contribution >= 0.6 is 0 Å². The van der Waals surface area contributed by atoms with Gasteiger partial charge in [-0.3, -0.25) is 4.79 Å². The standard InChI is InChI=1S/C15H25NOSi/c1-6-7-11-18(4,5)15-10-8-9-14(12-15)16(3)13(2)17/h8-10,12H,6-7,11H2,1-5H3/q-1. The minimum atomic E-state index is -1.35. The van der Waals surface area contributed by atoms with E-state index in [2.05, 4.69) is 38.2 Å². The highest BCUT2D eigenvalue weighted by atomic mass is 28.3. The SMILES string of the molecule is CCCC[Si-](C)(C)c1cccc(N(C)C(C)=O)c1. The number of amides is 1. The molecule has 0 unspecified atom stereocenters. The van der Waals surface area contributed by atoms with Gasteiger partial charge in [-0.25, -0.2) is 0 Å². The second-order valence-electron chi connectivity index (χ2n) is 5.62. The van der Waals surface area contributed by atoms with Crippen molar-refractivity contribution in [3.05, 3.63) is 24.3 Å². The lowest BCUT2D eigenvalue weighted by atomic mass is 10.3. The van der Waals surface area contributed by atoms with Gasteiger partial charge in [0.1, 0.15) is 0 Å². The van der Waals surface area contributed by atoms with Crippen LogP contribution in [-0.4, -0.2) is 21.0 Å². The van der Waals surface area contributed by atoms with Crippen molar-refractivity contribution in [1.29, 1.82) is 0 Å². The minimum absolute atomic E-state index is 0.0835. The topological polar surface area (TPSA) is 20.3 Å². The number of nitrogens with zero attached hydrogens (tertiary/aromatic N) is 1. The van der Waals surface area contributed by atoms with Gasteiger partial charge in [-0.1, -0.05) is 38.0 Å². The summed E-state index contributed by atoms with van der Waals surface area (Å²) in [5.41, 5.74) is 1.01. The number of hydrogen-bond donors (Lipinski definition) is 0. The van der Waals surface area contributed by atoms with E-state index in [1.54, 1.807) is 11.8 Å². The number of anilines is 1. The van der Waals surface area contributed by atoms with Crippen LogP contribution in [0.4, 0.5) is 5.69 Å². The molecule has 18 heavy (non-hydrogen) atoms. The Morgan fingerprint density at radius 1 is 1.33 bits per heavy atom. The van der Waals surface area contributed by atoms with Crippen LogP contribution in [-0.2, 0) is 4.79 Å². The smallest absolute Gasteiger partial charge is 0.223 e. The third-order valence-electron chi connectivity index (χ3n) is 3.64. The van der Waals surface area contributed by atoms with Gasteiger partial charge in [0.05, 0.1) is 0 Å². The molecule has 0 saturated heterocycles. The fraction of sp³-hybridized carbons (Fsp3) is 0.533. The minimum Gasteiger partial charge on any atom is -0.316 e. The van der Waals surface area contributed by atoms with Gasteiger partial charge in [0.2, 0.25) is 5.91 Å². The van der Waals surface area contributed by atoms with Crippen molar-refractivity contribution in [2.24, 2.45) is 0 Å². The molecule has 0 saturated carbocycles. The lowest BCUT2D eigenvalue weighted by Crippen LogP contribution is -2.41. The Labute approximate surface area is 112 Å². The molecule has 0 spiro atoms. The fourth-order valence-electron chi connectivity index (χ4n) is 2.08. The highest BCUT2D eigenvalue weighted by Crippen LogP contribution is 2.17. The number of carbonyl (C=O) groups excluding carboxylic acids is 1.